The number of hydrogen-bond donors (Lipinski definition) is 1. The van der Waals surface area contributed by atoms with Gasteiger partial charge in [-0.2, -0.15) is 0 Å². The summed E-state index contributed by atoms with van der Waals surface area (Å²) in [5, 5.41) is 3.07. The Morgan fingerprint density at radius 1 is 1.36 bits per heavy atom. The van der Waals surface area contributed by atoms with Gasteiger partial charge in [-0.1, -0.05) is 11.6 Å². The molecule has 140 valence electrons. The zero-order valence-electron chi connectivity index (χ0n) is 14.3. The molecule has 25 heavy (non-hydrogen) atoms. The van der Waals surface area contributed by atoms with Gasteiger partial charge in [-0.3, -0.25) is 4.79 Å². The number of hydrogen-bond acceptors (Lipinski definition) is 5. The van der Waals surface area contributed by atoms with Gasteiger partial charge in [0.2, 0.25) is 10.0 Å². The number of carbonyl (C=O) groups excluding carboxylic acids is 1. The van der Waals surface area contributed by atoms with Gasteiger partial charge in [-0.15, -0.1) is 0 Å². The molecular weight excluding hydrogens is 368 g/mol. The minimum absolute atomic E-state index is 0.100. The summed E-state index contributed by atoms with van der Waals surface area (Å²) in [5.41, 5.74) is 0.445. The third-order valence-corrected chi connectivity index (χ3v) is 5.55. The Bertz CT molecular complexity index is 702. The van der Waals surface area contributed by atoms with E-state index in [9.17, 15) is 13.2 Å². The van der Waals surface area contributed by atoms with E-state index in [4.69, 9.17) is 21.1 Å². The molecule has 1 aromatic carbocycles. The predicted molar refractivity (Wildman–Crippen MR) is 95.7 cm³/mol. The fourth-order valence-corrected chi connectivity index (χ4v) is 3.67. The summed E-state index contributed by atoms with van der Waals surface area (Å²) in [6.45, 7) is 1.72. The maximum atomic E-state index is 12.0. The minimum Gasteiger partial charge on any atom is -0.489 e. The summed E-state index contributed by atoms with van der Waals surface area (Å²) < 4.78 is 35.2. The van der Waals surface area contributed by atoms with Crippen LogP contribution in [-0.4, -0.2) is 64.3 Å². The molecule has 1 fully saturated rings. The number of benzene rings is 1. The normalized spacial score (nSPS) is 16.6. The lowest BCUT2D eigenvalue weighted by atomic mass is 10.1. The topological polar surface area (TPSA) is 84.9 Å². The molecule has 0 radical (unpaired) electrons. The predicted octanol–water partition coefficient (Wildman–Crippen LogP) is 1.52. The fourth-order valence-electron chi connectivity index (χ4n) is 2.57. The zero-order valence-corrected chi connectivity index (χ0v) is 15.9. The molecule has 0 unspecified atom stereocenters. The molecular formula is C16H23ClN2O5S. The number of piperidine rings is 1. The van der Waals surface area contributed by atoms with E-state index >= 15 is 0 Å². The summed E-state index contributed by atoms with van der Waals surface area (Å²) in [6, 6.07) is 4.87. The van der Waals surface area contributed by atoms with Crippen molar-refractivity contribution in [2.24, 2.45) is 0 Å². The molecule has 1 aromatic rings. The van der Waals surface area contributed by atoms with Crippen molar-refractivity contribution in [1.82, 2.24) is 9.62 Å². The van der Waals surface area contributed by atoms with Crippen molar-refractivity contribution in [3.05, 3.63) is 28.8 Å². The van der Waals surface area contributed by atoms with Gasteiger partial charge < -0.3 is 14.8 Å². The molecule has 1 aliphatic heterocycles. The molecule has 1 heterocycles. The molecule has 1 amide bonds. The van der Waals surface area contributed by atoms with E-state index in [2.05, 4.69) is 5.32 Å². The zero-order chi connectivity index (χ0) is 18.4. The van der Waals surface area contributed by atoms with E-state index < -0.39 is 10.0 Å². The average molecular weight is 391 g/mol. The standard InChI is InChI=1S/C16H23ClN2O5S/c1-23-10-7-18-16(20)12-3-4-15(14(17)11-12)24-13-5-8-19(9-6-13)25(2,21)22/h3-4,11,13H,5-10H2,1-2H3,(H,18,20). The first-order chi connectivity index (χ1) is 11.8. The van der Waals surface area contributed by atoms with Crippen LogP contribution in [0.4, 0.5) is 0 Å². The van der Waals surface area contributed by atoms with Gasteiger partial charge in [0.05, 0.1) is 17.9 Å². The number of nitrogens with one attached hydrogen (secondary N) is 1. The van der Waals surface area contributed by atoms with Crippen molar-refractivity contribution >= 4 is 27.5 Å². The molecule has 0 saturated carbocycles. The van der Waals surface area contributed by atoms with Crippen molar-refractivity contribution in [3.63, 3.8) is 0 Å². The first-order valence-corrected chi connectivity index (χ1v) is 10.2. The third kappa shape index (κ3) is 5.85. The quantitative estimate of drug-likeness (QED) is 0.713. The summed E-state index contributed by atoms with van der Waals surface area (Å²) in [5.74, 6) is 0.264. The number of ether oxygens (including phenoxy) is 2. The van der Waals surface area contributed by atoms with Crippen LogP contribution in [0.1, 0.15) is 23.2 Å². The molecule has 1 aliphatic rings. The van der Waals surface area contributed by atoms with Crippen LogP contribution in [-0.2, 0) is 14.8 Å². The van der Waals surface area contributed by atoms with Gasteiger partial charge in [-0.05, 0) is 31.0 Å². The van der Waals surface area contributed by atoms with Gasteiger partial charge in [0, 0.05) is 32.3 Å². The lowest BCUT2D eigenvalue weighted by Gasteiger charge is -2.30. The second-order valence-electron chi connectivity index (χ2n) is 5.87. The number of methoxy groups -OCH3 is 1. The molecule has 0 spiro atoms. The lowest BCUT2D eigenvalue weighted by Crippen LogP contribution is -2.41. The molecule has 0 aromatic heterocycles. The number of halogens is 1. The first kappa shape index (κ1) is 20.0. The number of amides is 1. The SMILES string of the molecule is COCCNC(=O)c1ccc(OC2CCN(S(C)(=O)=O)CC2)c(Cl)c1. The average Bonchev–Trinajstić information content (AvgIpc) is 2.56. The van der Waals surface area contributed by atoms with Crippen molar-refractivity contribution in [3.8, 4) is 5.75 Å². The number of rotatable bonds is 7. The Morgan fingerprint density at radius 3 is 2.60 bits per heavy atom. The van der Waals surface area contributed by atoms with Crippen LogP contribution < -0.4 is 10.1 Å². The molecule has 2 rings (SSSR count). The van der Waals surface area contributed by atoms with Crippen LogP contribution in [0.2, 0.25) is 5.02 Å². The second kappa shape index (κ2) is 8.84. The van der Waals surface area contributed by atoms with Crippen LogP contribution in [0.15, 0.2) is 18.2 Å². The van der Waals surface area contributed by atoms with E-state index in [1.807, 2.05) is 0 Å². The summed E-state index contributed by atoms with van der Waals surface area (Å²) in [4.78, 5) is 12.0. The van der Waals surface area contributed by atoms with Crippen LogP contribution in [0.25, 0.3) is 0 Å². The first-order valence-electron chi connectivity index (χ1n) is 7.99. The highest BCUT2D eigenvalue weighted by atomic mass is 35.5. The highest BCUT2D eigenvalue weighted by molar-refractivity contribution is 7.88. The Balaban J connectivity index is 1.92. The molecule has 1 N–H and O–H groups in total. The van der Waals surface area contributed by atoms with Gasteiger partial charge in [0.15, 0.2) is 0 Å². The molecule has 0 atom stereocenters. The third-order valence-electron chi connectivity index (χ3n) is 3.95. The van der Waals surface area contributed by atoms with Gasteiger partial charge in [0.1, 0.15) is 11.9 Å². The number of nitrogens with zero attached hydrogens (tertiary/aromatic N) is 1. The largest absolute Gasteiger partial charge is 0.489 e. The Morgan fingerprint density at radius 2 is 2.04 bits per heavy atom. The number of sulfonamides is 1. The van der Waals surface area contributed by atoms with Crippen molar-refractivity contribution in [2.45, 2.75) is 18.9 Å². The Kier molecular flexibility index (Phi) is 7.06. The number of carbonyl (C=O) groups is 1. The van der Waals surface area contributed by atoms with E-state index in [0.717, 1.165) is 0 Å². The molecule has 9 heteroatoms. The van der Waals surface area contributed by atoms with Gasteiger partial charge >= 0.3 is 0 Å². The highest BCUT2D eigenvalue weighted by Crippen LogP contribution is 2.28. The van der Waals surface area contributed by atoms with Crippen LogP contribution in [0.5, 0.6) is 5.75 Å². The smallest absolute Gasteiger partial charge is 0.251 e. The van der Waals surface area contributed by atoms with Crippen LogP contribution in [0.3, 0.4) is 0 Å². The maximum Gasteiger partial charge on any atom is 0.251 e. The van der Waals surface area contributed by atoms with E-state index in [-0.39, 0.29) is 12.0 Å². The Hall–Kier alpha value is -1.35. The highest BCUT2D eigenvalue weighted by Gasteiger charge is 2.26. The van der Waals surface area contributed by atoms with E-state index in [1.165, 1.54) is 10.6 Å². The lowest BCUT2D eigenvalue weighted by molar-refractivity contribution is 0.0937. The van der Waals surface area contributed by atoms with E-state index in [0.29, 0.717) is 55.4 Å². The second-order valence-corrected chi connectivity index (χ2v) is 8.26. The fraction of sp³-hybridized carbons (Fsp3) is 0.562. The maximum absolute atomic E-state index is 12.0. The molecule has 7 nitrogen and oxygen atoms in total. The van der Waals surface area contributed by atoms with Crippen LogP contribution >= 0.6 is 11.6 Å². The summed E-state index contributed by atoms with van der Waals surface area (Å²) >= 11 is 6.22. The van der Waals surface area contributed by atoms with Crippen LogP contribution in [0, 0.1) is 0 Å². The van der Waals surface area contributed by atoms with E-state index in [1.54, 1.807) is 25.3 Å². The molecule has 0 bridgehead atoms. The van der Waals surface area contributed by atoms with Crippen molar-refractivity contribution < 1.29 is 22.7 Å². The van der Waals surface area contributed by atoms with Crippen molar-refractivity contribution in [1.29, 1.82) is 0 Å². The summed E-state index contributed by atoms with van der Waals surface area (Å²) in [7, 11) is -1.59. The monoisotopic (exact) mass is 390 g/mol. The minimum atomic E-state index is -3.16. The molecule has 1 saturated heterocycles. The van der Waals surface area contributed by atoms with Gasteiger partial charge in [0.25, 0.3) is 5.91 Å². The van der Waals surface area contributed by atoms with Gasteiger partial charge in [-0.25, -0.2) is 12.7 Å². The Labute approximate surface area is 153 Å². The summed E-state index contributed by atoms with van der Waals surface area (Å²) in [6.07, 6.45) is 2.31. The molecule has 0 aliphatic carbocycles. The van der Waals surface area contributed by atoms with Crippen molar-refractivity contribution in [2.75, 3.05) is 39.6 Å².